The summed E-state index contributed by atoms with van der Waals surface area (Å²) >= 11 is 1.51. The van der Waals surface area contributed by atoms with Gasteiger partial charge in [0.2, 0.25) is 0 Å². The van der Waals surface area contributed by atoms with Crippen LogP contribution in [0.5, 0.6) is 0 Å². The number of rotatable bonds is 2. The molecule has 0 amide bonds. The van der Waals surface area contributed by atoms with Gasteiger partial charge in [-0.2, -0.15) is 11.3 Å². The van der Waals surface area contributed by atoms with Gasteiger partial charge in [-0.05, 0) is 46.7 Å². The molecule has 0 aliphatic rings. The molecule has 17 heavy (non-hydrogen) atoms. The van der Waals surface area contributed by atoms with Gasteiger partial charge < -0.3 is 9.52 Å². The standard InChI is InChI=1S/C13H9FO2S/c14-10-1-2-11-9(5-10)6-12(16-11)13(15)8-3-4-17-7-8/h1-7,13,15H. The van der Waals surface area contributed by atoms with Crippen LogP contribution in [0.1, 0.15) is 17.4 Å². The van der Waals surface area contributed by atoms with Crippen molar-refractivity contribution in [3.63, 3.8) is 0 Å². The van der Waals surface area contributed by atoms with Gasteiger partial charge in [-0.3, -0.25) is 0 Å². The number of halogens is 1. The van der Waals surface area contributed by atoms with E-state index >= 15 is 0 Å². The SMILES string of the molecule is OC(c1ccsc1)c1cc2cc(F)ccc2o1. The van der Waals surface area contributed by atoms with Crippen LogP contribution in [0, 0.1) is 5.82 Å². The molecule has 0 bridgehead atoms. The van der Waals surface area contributed by atoms with Gasteiger partial charge in [0.15, 0.2) is 0 Å². The van der Waals surface area contributed by atoms with Crippen molar-refractivity contribution < 1.29 is 13.9 Å². The predicted molar refractivity (Wildman–Crippen MR) is 64.6 cm³/mol. The number of aliphatic hydroxyl groups is 1. The first-order valence-electron chi connectivity index (χ1n) is 5.13. The Bertz CT molecular complexity index is 643. The fraction of sp³-hybridized carbons (Fsp3) is 0.0769. The molecule has 1 atom stereocenters. The van der Waals surface area contributed by atoms with Gasteiger partial charge in [0, 0.05) is 5.39 Å². The Labute approximate surface area is 101 Å². The zero-order valence-corrected chi connectivity index (χ0v) is 9.58. The van der Waals surface area contributed by atoms with E-state index in [1.54, 1.807) is 12.1 Å². The zero-order valence-electron chi connectivity index (χ0n) is 8.76. The van der Waals surface area contributed by atoms with Crippen molar-refractivity contribution in [1.82, 2.24) is 0 Å². The molecule has 1 unspecified atom stereocenters. The summed E-state index contributed by atoms with van der Waals surface area (Å²) in [6, 6.07) is 7.80. The first kappa shape index (κ1) is 10.5. The molecule has 0 fully saturated rings. The lowest BCUT2D eigenvalue weighted by atomic mass is 10.1. The van der Waals surface area contributed by atoms with E-state index in [9.17, 15) is 9.50 Å². The highest BCUT2D eigenvalue weighted by atomic mass is 32.1. The molecule has 3 rings (SSSR count). The summed E-state index contributed by atoms with van der Waals surface area (Å²) in [5.41, 5.74) is 1.37. The maximum Gasteiger partial charge on any atom is 0.138 e. The summed E-state index contributed by atoms with van der Waals surface area (Å²) in [6.07, 6.45) is -0.795. The van der Waals surface area contributed by atoms with Gasteiger partial charge >= 0.3 is 0 Å². The van der Waals surface area contributed by atoms with Crippen LogP contribution in [0.25, 0.3) is 11.0 Å². The number of furan rings is 1. The summed E-state index contributed by atoms with van der Waals surface area (Å²) in [4.78, 5) is 0. The zero-order chi connectivity index (χ0) is 11.8. The minimum Gasteiger partial charge on any atom is -0.458 e. The monoisotopic (exact) mass is 248 g/mol. The average Bonchev–Trinajstić information content (AvgIpc) is 2.96. The van der Waals surface area contributed by atoms with Crippen molar-refractivity contribution in [2.45, 2.75) is 6.10 Å². The smallest absolute Gasteiger partial charge is 0.138 e. The highest BCUT2D eigenvalue weighted by Crippen LogP contribution is 2.29. The molecule has 1 N–H and O–H groups in total. The Morgan fingerprint density at radius 1 is 1.24 bits per heavy atom. The van der Waals surface area contributed by atoms with Crippen molar-refractivity contribution in [1.29, 1.82) is 0 Å². The van der Waals surface area contributed by atoms with Crippen LogP contribution in [-0.2, 0) is 0 Å². The summed E-state index contributed by atoms with van der Waals surface area (Å²) < 4.78 is 18.5. The van der Waals surface area contributed by atoms with E-state index in [1.165, 1.54) is 23.5 Å². The largest absolute Gasteiger partial charge is 0.458 e. The third kappa shape index (κ3) is 1.85. The van der Waals surface area contributed by atoms with E-state index in [-0.39, 0.29) is 5.82 Å². The fourth-order valence-electron chi connectivity index (χ4n) is 1.76. The van der Waals surface area contributed by atoms with Crippen molar-refractivity contribution in [3.05, 3.63) is 58.2 Å². The van der Waals surface area contributed by atoms with Crippen molar-refractivity contribution in [2.24, 2.45) is 0 Å². The second-order valence-corrected chi connectivity index (χ2v) is 4.57. The lowest BCUT2D eigenvalue weighted by Crippen LogP contribution is -1.94. The molecule has 1 aromatic carbocycles. The normalized spacial score (nSPS) is 13.1. The van der Waals surface area contributed by atoms with E-state index in [0.717, 1.165) is 5.56 Å². The Morgan fingerprint density at radius 3 is 2.88 bits per heavy atom. The van der Waals surface area contributed by atoms with E-state index in [1.807, 2.05) is 16.8 Å². The molecule has 0 saturated carbocycles. The average molecular weight is 248 g/mol. The molecule has 0 spiro atoms. The van der Waals surface area contributed by atoms with Gasteiger partial charge in [-0.1, -0.05) is 0 Å². The predicted octanol–water partition coefficient (Wildman–Crippen LogP) is 3.72. The maximum absolute atomic E-state index is 13.0. The topological polar surface area (TPSA) is 33.4 Å². The molecular weight excluding hydrogens is 239 g/mol. The summed E-state index contributed by atoms with van der Waals surface area (Å²) in [5, 5.41) is 14.5. The van der Waals surface area contributed by atoms with Crippen molar-refractivity contribution in [3.8, 4) is 0 Å². The first-order valence-corrected chi connectivity index (χ1v) is 6.07. The molecular formula is C13H9FO2S. The van der Waals surface area contributed by atoms with Gasteiger partial charge in [0.25, 0.3) is 0 Å². The summed E-state index contributed by atoms with van der Waals surface area (Å²) in [6.45, 7) is 0. The summed E-state index contributed by atoms with van der Waals surface area (Å²) in [5.74, 6) is 0.124. The summed E-state index contributed by atoms with van der Waals surface area (Å²) in [7, 11) is 0. The lowest BCUT2D eigenvalue weighted by molar-refractivity contribution is 0.193. The van der Waals surface area contributed by atoms with Crippen LogP contribution >= 0.6 is 11.3 Å². The Balaban J connectivity index is 2.06. The third-order valence-electron chi connectivity index (χ3n) is 2.63. The molecule has 2 nitrogen and oxygen atoms in total. The van der Waals surface area contributed by atoms with E-state index in [4.69, 9.17) is 4.42 Å². The van der Waals surface area contributed by atoms with Crippen molar-refractivity contribution in [2.75, 3.05) is 0 Å². The first-order chi connectivity index (χ1) is 8.24. The van der Waals surface area contributed by atoms with Crippen LogP contribution in [0.2, 0.25) is 0 Å². The van der Waals surface area contributed by atoms with Crippen molar-refractivity contribution >= 4 is 22.3 Å². The third-order valence-corrected chi connectivity index (χ3v) is 3.33. The molecule has 2 aromatic heterocycles. The number of benzene rings is 1. The molecule has 0 aliphatic carbocycles. The maximum atomic E-state index is 13.0. The van der Waals surface area contributed by atoms with Crippen LogP contribution < -0.4 is 0 Å². The van der Waals surface area contributed by atoms with Crippen LogP contribution in [0.3, 0.4) is 0 Å². The number of fused-ring (bicyclic) bond motifs is 1. The van der Waals surface area contributed by atoms with Crippen LogP contribution in [0.4, 0.5) is 4.39 Å². The van der Waals surface area contributed by atoms with Gasteiger partial charge in [0.05, 0.1) is 0 Å². The molecule has 0 saturated heterocycles. The molecule has 86 valence electrons. The second kappa shape index (κ2) is 3.98. The van der Waals surface area contributed by atoms with Gasteiger partial charge in [-0.25, -0.2) is 4.39 Å². The highest BCUT2D eigenvalue weighted by molar-refractivity contribution is 7.07. The molecule has 2 heterocycles. The Kier molecular flexibility index (Phi) is 2.46. The van der Waals surface area contributed by atoms with E-state index in [0.29, 0.717) is 16.7 Å². The van der Waals surface area contributed by atoms with Crippen LogP contribution in [-0.4, -0.2) is 5.11 Å². The molecule has 4 heteroatoms. The highest BCUT2D eigenvalue weighted by Gasteiger charge is 2.16. The number of aliphatic hydroxyl groups excluding tert-OH is 1. The molecule has 0 radical (unpaired) electrons. The molecule has 0 aliphatic heterocycles. The van der Waals surface area contributed by atoms with E-state index in [2.05, 4.69) is 0 Å². The minimum atomic E-state index is -0.795. The van der Waals surface area contributed by atoms with E-state index < -0.39 is 6.10 Å². The fourth-order valence-corrected chi connectivity index (χ4v) is 2.44. The number of hydrogen-bond acceptors (Lipinski definition) is 3. The van der Waals surface area contributed by atoms with Gasteiger partial charge in [-0.15, -0.1) is 0 Å². The van der Waals surface area contributed by atoms with Crippen LogP contribution in [0.15, 0.2) is 45.5 Å². The Morgan fingerprint density at radius 2 is 2.12 bits per heavy atom. The quantitative estimate of drug-likeness (QED) is 0.750. The number of thiophene rings is 1. The second-order valence-electron chi connectivity index (χ2n) is 3.79. The Hall–Kier alpha value is -1.65. The minimum absolute atomic E-state index is 0.310. The van der Waals surface area contributed by atoms with Gasteiger partial charge in [0.1, 0.15) is 23.3 Å². The molecule has 3 aromatic rings. The number of hydrogen-bond donors (Lipinski definition) is 1. The lowest BCUT2D eigenvalue weighted by Gasteiger charge is -2.03.